The van der Waals surface area contributed by atoms with Crippen molar-refractivity contribution in [2.24, 2.45) is 0 Å². The summed E-state index contributed by atoms with van der Waals surface area (Å²) in [4.78, 5) is 4.60. The Morgan fingerprint density at radius 2 is 0.957 bits per heavy atom. The second kappa shape index (κ2) is 10.1. The minimum atomic E-state index is 0.917. The molecule has 0 fully saturated rings. The van der Waals surface area contributed by atoms with Gasteiger partial charge in [0.2, 0.25) is 0 Å². The Bertz CT molecular complexity index is 2790. The van der Waals surface area contributed by atoms with Gasteiger partial charge in [-0.15, -0.1) is 0 Å². The molecule has 0 bridgehead atoms. The summed E-state index contributed by atoms with van der Waals surface area (Å²) in [6, 6.07) is 56.6. The molecule has 0 spiro atoms. The lowest BCUT2D eigenvalue weighted by Crippen LogP contribution is -1.90. The van der Waals surface area contributed by atoms with Gasteiger partial charge >= 0.3 is 0 Å². The van der Waals surface area contributed by atoms with Gasteiger partial charge in [-0.2, -0.15) is 0 Å². The molecule has 10 rings (SSSR count). The average molecular weight is 598 g/mol. The standard InChI is InChI=1S/C45H27NO/c1-2-16-42-37(12-1)40-14-7-13-36(45(40)47-42)32-10-5-8-30(26-32)34-21-17-28-20-24-39-35(22-18-29-19-23-38(34)43(28)44(29)39)31-9-6-11-33(27-31)41-15-3-4-25-46-41/h1-27H. The number of fused-ring (bicyclic) bond motifs is 3. The predicted octanol–water partition coefficient (Wildman–Crippen LogP) is 12.5. The Morgan fingerprint density at radius 3 is 1.66 bits per heavy atom. The predicted molar refractivity (Wildman–Crippen MR) is 197 cm³/mol. The number of para-hydroxylation sites is 2. The van der Waals surface area contributed by atoms with E-state index in [1.165, 1.54) is 54.6 Å². The van der Waals surface area contributed by atoms with Crippen molar-refractivity contribution < 1.29 is 4.42 Å². The lowest BCUT2D eigenvalue weighted by atomic mass is 9.86. The smallest absolute Gasteiger partial charge is 0.143 e. The molecule has 2 heteroatoms. The fraction of sp³-hybridized carbons (Fsp3) is 0. The molecule has 0 unspecified atom stereocenters. The first-order chi connectivity index (χ1) is 23.3. The molecule has 0 saturated carbocycles. The zero-order valence-corrected chi connectivity index (χ0v) is 25.4. The van der Waals surface area contributed by atoms with Crippen LogP contribution in [0.2, 0.25) is 0 Å². The zero-order chi connectivity index (χ0) is 30.9. The Labute approximate surface area is 271 Å². The van der Waals surface area contributed by atoms with E-state index in [0.29, 0.717) is 0 Å². The average Bonchev–Trinajstić information content (AvgIpc) is 3.53. The van der Waals surface area contributed by atoms with Crippen LogP contribution >= 0.6 is 0 Å². The number of hydrogen-bond donors (Lipinski definition) is 0. The van der Waals surface area contributed by atoms with Crippen LogP contribution in [0.5, 0.6) is 0 Å². The van der Waals surface area contributed by atoms with Gasteiger partial charge < -0.3 is 4.42 Å². The first-order valence-electron chi connectivity index (χ1n) is 16.0. The number of furan rings is 1. The minimum Gasteiger partial charge on any atom is -0.455 e. The molecule has 0 saturated heterocycles. The number of aromatic nitrogens is 1. The summed E-state index contributed by atoms with van der Waals surface area (Å²) in [7, 11) is 0. The van der Waals surface area contributed by atoms with Gasteiger partial charge in [0.05, 0.1) is 5.69 Å². The van der Waals surface area contributed by atoms with Gasteiger partial charge in [-0.3, -0.25) is 4.98 Å². The minimum absolute atomic E-state index is 0.917. The third kappa shape index (κ3) is 4.02. The molecule has 47 heavy (non-hydrogen) atoms. The Kier molecular flexibility index (Phi) is 5.61. The molecule has 8 aromatic carbocycles. The molecule has 0 N–H and O–H groups in total. The van der Waals surface area contributed by atoms with Crippen molar-refractivity contribution in [3.8, 4) is 44.6 Å². The molecule has 2 heterocycles. The first kappa shape index (κ1) is 26.0. The van der Waals surface area contributed by atoms with Crippen LogP contribution in [0, 0.1) is 0 Å². The van der Waals surface area contributed by atoms with Crippen LogP contribution in [0.4, 0.5) is 0 Å². The van der Waals surface area contributed by atoms with E-state index in [4.69, 9.17) is 4.42 Å². The monoisotopic (exact) mass is 597 g/mol. The van der Waals surface area contributed by atoms with Gasteiger partial charge in [0, 0.05) is 28.1 Å². The van der Waals surface area contributed by atoms with Crippen molar-refractivity contribution >= 4 is 54.3 Å². The summed E-state index contributed by atoms with van der Waals surface area (Å²) in [5, 5.41) is 9.95. The van der Waals surface area contributed by atoms with Crippen molar-refractivity contribution in [2.45, 2.75) is 0 Å². The second-order valence-corrected chi connectivity index (χ2v) is 12.3. The van der Waals surface area contributed by atoms with Crippen LogP contribution in [0.3, 0.4) is 0 Å². The maximum Gasteiger partial charge on any atom is 0.143 e. The Balaban J connectivity index is 1.15. The Morgan fingerprint density at radius 1 is 0.383 bits per heavy atom. The summed E-state index contributed by atoms with van der Waals surface area (Å²) in [5.74, 6) is 0. The number of benzene rings is 8. The van der Waals surface area contributed by atoms with Gasteiger partial charge in [-0.05, 0) is 90.5 Å². The van der Waals surface area contributed by atoms with Gasteiger partial charge in [-0.1, -0.05) is 127 Å². The van der Waals surface area contributed by atoms with E-state index in [2.05, 4.69) is 138 Å². The summed E-state index contributed by atoms with van der Waals surface area (Å²) in [6.45, 7) is 0. The van der Waals surface area contributed by atoms with Crippen LogP contribution in [0.1, 0.15) is 0 Å². The number of rotatable bonds is 4. The SMILES string of the molecule is c1ccc(-c2cccc(-c3ccc4ccc5c(-c6cccc(-c7cccc8c7oc7ccccc78)c6)ccc6ccc3c4c65)c2)nc1. The molecule has 2 nitrogen and oxygen atoms in total. The molecule has 2 aromatic heterocycles. The molecule has 10 aromatic rings. The topological polar surface area (TPSA) is 26.0 Å². The van der Waals surface area contributed by atoms with Gasteiger partial charge in [0.25, 0.3) is 0 Å². The van der Waals surface area contributed by atoms with Crippen molar-refractivity contribution in [3.63, 3.8) is 0 Å². The summed E-state index contributed by atoms with van der Waals surface area (Å²) in [5.41, 5.74) is 11.1. The maximum atomic E-state index is 6.41. The molecule has 0 aliphatic rings. The third-order valence-electron chi connectivity index (χ3n) is 9.69. The molecule has 218 valence electrons. The van der Waals surface area contributed by atoms with Gasteiger partial charge in [0.15, 0.2) is 0 Å². The van der Waals surface area contributed by atoms with Crippen LogP contribution in [-0.2, 0) is 0 Å². The van der Waals surface area contributed by atoms with E-state index in [-0.39, 0.29) is 0 Å². The lowest BCUT2D eigenvalue weighted by Gasteiger charge is -2.17. The molecule has 0 aliphatic carbocycles. The quantitative estimate of drug-likeness (QED) is 0.189. The third-order valence-corrected chi connectivity index (χ3v) is 9.69. The van der Waals surface area contributed by atoms with Crippen molar-refractivity contribution in [1.82, 2.24) is 4.98 Å². The lowest BCUT2D eigenvalue weighted by molar-refractivity contribution is 0.670. The van der Waals surface area contributed by atoms with E-state index >= 15 is 0 Å². The first-order valence-corrected chi connectivity index (χ1v) is 16.0. The highest BCUT2D eigenvalue weighted by atomic mass is 16.3. The number of hydrogen-bond acceptors (Lipinski definition) is 2. The van der Waals surface area contributed by atoms with Gasteiger partial charge in [-0.25, -0.2) is 0 Å². The van der Waals surface area contributed by atoms with Crippen LogP contribution in [-0.4, -0.2) is 4.98 Å². The largest absolute Gasteiger partial charge is 0.455 e. The van der Waals surface area contributed by atoms with Crippen molar-refractivity contribution in [1.29, 1.82) is 0 Å². The van der Waals surface area contributed by atoms with Crippen LogP contribution in [0.25, 0.3) is 98.9 Å². The molecular weight excluding hydrogens is 571 g/mol. The van der Waals surface area contributed by atoms with Gasteiger partial charge in [0.1, 0.15) is 11.2 Å². The molecule has 0 radical (unpaired) electrons. The highest BCUT2D eigenvalue weighted by molar-refractivity contribution is 6.27. The highest BCUT2D eigenvalue weighted by Crippen LogP contribution is 2.43. The second-order valence-electron chi connectivity index (χ2n) is 12.3. The maximum absolute atomic E-state index is 6.41. The van der Waals surface area contributed by atoms with Crippen molar-refractivity contribution in [2.75, 3.05) is 0 Å². The highest BCUT2D eigenvalue weighted by Gasteiger charge is 2.17. The number of nitrogens with zero attached hydrogens (tertiary/aromatic N) is 1. The molecule has 0 aliphatic heterocycles. The van der Waals surface area contributed by atoms with Crippen LogP contribution < -0.4 is 0 Å². The molecular formula is C45H27NO. The van der Waals surface area contributed by atoms with Crippen LogP contribution in [0.15, 0.2) is 168 Å². The zero-order valence-electron chi connectivity index (χ0n) is 25.4. The van der Waals surface area contributed by atoms with E-state index in [0.717, 1.165) is 44.3 Å². The molecule has 0 amide bonds. The van der Waals surface area contributed by atoms with E-state index in [9.17, 15) is 0 Å². The summed E-state index contributed by atoms with van der Waals surface area (Å²) in [6.07, 6.45) is 1.85. The van der Waals surface area contributed by atoms with E-state index in [1.807, 2.05) is 30.5 Å². The number of pyridine rings is 1. The van der Waals surface area contributed by atoms with Crippen molar-refractivity contribution in [3.05, 3.63) is 164 Å². The summed E-state index contributed by atoms with van der Waals surface area (Å²) < 4.78 is 6.41. The summed E-state index contributed by atoms with van der Waals surface area (Å²) >= 11 is 0. The fourth-order valence-electron chi connectivity index (χ4n) is 7.51. The Hall–Kier alpha value is -6.25. The fourth-order valence-corrected chi connectivity index (χ4v) is 7.51. The normalized spacial score (nSPS) is 11.8. The van der Waals surface area contributed by atoms with E-state index in [1.54, 1.807) is 0 Å². The molecule has 0 atom stereocenters. The van der Waals surface area contributed by atoms with E-state index < -0.39 is 0 Å².